The highest BCUT2D eigenvalue weighted by molar-refractivity contribution is 5.81. The molecule has 86 valence electrons. The summed E-state index contributed by atoms with van der Waals surface area (Å²) in [6.45, 7) is 3.94. The third kappa shape index (κ3) is 5.60. The van der Waals surface area contributed by atoms with Crippen molar-refractivity contribution >= 4 is 5.97 Å². The lowest BCUT2D eigenvalue weighted by atomic mass is 9.89. The van der Waals surface area contributed by atoms with E-state index in [2.05, 4.69) is 6.58 Å². The SMILES string of the molecule is C=CC(=O)OCCC1CCCCCCC1. The number of rotatable bonds is 4. The van der Waals surface area contributed by atoms with Gasteiger partial charge in [0.25, 0.3) is 0 Å². The highest BCUT2D eigenvalue weighted by Gasteiger charge is 2.11. The van der Waals surface area contributed by atoms with E-state index in [9.17, 15) is 4.79 Å². The normalized spacial score (nSPS) is 18.9. The molecule has 2 heteroatoms. The average molecular weight is 210 g/mol. The summed E-state index contributed by atoms with van der Waals surface area (Å²) in [5.74, 6) is 0.476. The summed E-state index contributed by atoms with van der Waals surface area (Å²) in [7, 11) is 0. The monoisotopic (exact) mass is 210 g/mol. The number of ether oxygens (including phenoxy) is 1. The summed E-state index contributed by atoms with van der Waals surface area (Å²) in [6.07, 6.45) is 11.7. The van der Waals surface area contributed by atoms with Crippen molar-refractivity contribution in [3.8, 4) is 0 Å². The van der Waals surface area contributed by atoms with Crippen LogP contribution in [0.15, 0.2) is 12.7 Å². The molecule has 0 bridgehead atoms. The molecule has 2 nitrogen and oxygen atoms in total. The lowest BCUT2D eigenvalue weighted by Gasteiger charge is -2.19. The molecule has 0 spiro atoms. The molecule has 0 aromatic heterocycles. The Morgan fingerprint density at radius 1 is 1.20 bits per heavy atom. The molecule has 0 saturated heterocycles. The fourth-order valence-electron chi connectivity index (χ4n) is 2.21. The van der Waals surface area contributed by atoms with Crippen LogP contribution in [0.3, 0.4) is 0 Å². The second kappa shape index (κ2) is 7.49. The number of carbonyl (C=O) groups is 1. The summed E-state index contributed by atoms with van der Waals surface area (Å²) in [4.78, 5) is 10.8. The number of hydrogen-bond donors (Lipinski definition) is 0. The topological polar surface area (TPSA) is 26.3 Å². The Labute approximate surface area is 92.7 Å². The van der Waals surface area contributed by atoms with Gasteiger partial charge in [0, 0.05) is 6.08 Å². The summed E-state index contributed by atoms with van der Waals surface area (Å²) in [6, 6.07) is 0. The van der Waals surface area contributed by atoms with Crippen LogP contribution in [0.4, 0.5) is 0 Å². The van der Waals surface area contributed by atoms with E-state index in [-0.39, 0.29) is 5.97 Å². The number of hydrogen-bond acceptors (Lipinski definition) is 2. The fraction of sp³-hybridized carbons (Fsp3) is 0.769. The Balaban J connectivity index is 2.12. The van der Waals surface area contributed by atoms with E-state index in [1.165, 1.54) is 51.0 Å². The van der Waals surface area contributed by atoms with Crippen LogP contribution in [0.5, 0.6) is 0 Å². The van der Waals surface area contributed by atoms with Crippen molar-refractivity contribution in [3.05, 3.63) is 12.7 Å². The maximum atomic E-state index is 10.8. The Morgan fingerprint density at radius 3 is 2.40 bits per heavy atom. The standard InChI is InChI=1S/C13H22O2/c1-2-13(14)15-11-10-12-8-6-4-3-5-7-9-12/h2,12H,1,3-11H2. The lowest BCUT2D eigenvalue weighted by molar-refractivity contribution is -0.138. The molecule has 0 unspecified atom stereocenters. The summed E-state index contributed by atoms with van der Waals surface area (Å²) in [5, 5.41) is 0. The Bertz CT molecular complexity index is 191. The summed E-state index contributed by atoms with van der Waals surface area (Å²) >= 11 is 0. The van der Waals surface area contributed by atoms with Gasteiger partial charge in [-0.25, -0.2) is 4.79 Å². The maximum absolute atomic E-state index is 10.8. The predicted octanol–water partition coefficient (Wildman–Crippen LogP) is 3.47. The highest BCUT2D eigenvalue weighted by atomic mass is 16.5. The third-order valence-corrected chi connectivity index (χ3v) is 3.16. The molecule has 0 aromatic carbocycles. The smallest absolute Gasteiger partial charge is 0.330 e. The van der Waals surface area contributed by atoms with Gasteiger partial charge >= 0.3 is 5.97 Å². The van der Waals surface area contributed by atoms with Crippen LogP contribution in [0.2, 0.25) is 0 Å². The van der Waals surface area contributed by atoms with Gasteiger partial charge in [0.1, 0.15) is 0 Å². The van der Waals surface area contributed by atoms with E-state index in [1.807, 2.05) is 0 Å². The van der Waals surface area contributed by atoms with E-state index in [4.69, 9.17) is 4.74 Å². The van der Waals surface area contributed by atoms with Crippen LogP contribution in [0.25, 0.3) is 0 Å². The summed E-state index contributed by atoms with van der Waals surface area (Å²) < 4.78 is 5.01. The summed E-state index contributed by atoms with van der Waals surface area (Å²) in [5.41, 5.74) is 0. The molecule has 0 amide bonds. The van der Waals surface area contributed by atoms with E-state index in [0.29, 0.717) is 6.61 Å². The predicted molar refractivity (Wildman–Crippen MR) is 61.6 cm³/mol. The second-order valence-corrected chi connectivity index (χ2v) is 4.37. The molecule has 0 aromatic rings. The minimum atomic E-state index is -0.291. The first-order valence-corrected chi connectivity index (χ1v) is 6.12. The van der Waals surface area contributed by atoms with Gasteiger partial charge in [-0.2, -0.15) is 0 Å². The molecule has 1 aliphatic carbocycles. The molecule has 0 heterocycles. The Kier molecular flexibility index (Phi) is 6.14. The minimum absolute atomic E-state index is 0.291. The van der Waals surface area contributed by atoms with Crippen molar-refractivity contribution < 1.29 is 9.53 Å². The van der Waals surface area contributed by atoms with Crippen molar-refractivity contribution in [1.82, 2.24) is 0 Å². The molecular formula is C13H22O2. The molecule has 0 radical (unpaired) electrons. The van der Waals surface area contributed by atoms with E-state index < -0.39 is 0 Å². The molecule has 1 fully saturated rings. The molecule has 1 saturated carbocycles. The minimum Gasteiger partial charge on any atom is -0.463 e. The van der Waals surface area contributed by atoms with Gasteiger partial charge in [-0.1, -0.05) is 51.5 Å². The van der Waals surface area contributed by atoms with Gasteiger partial charge in [-0.3, -0.25) is 0 Å². The highest BCUT2D eigenvalue weighted by Crippen LogP contribution is 2.24. The molecule has 1 rings (SSSR count). The quantitative estimate of drug-likeness (QED) is 0.524. The van der Waals surface area contributed by atoms with Crippen molar-refractivity contribution in [2.24, 2.45) is 5.92 Å². The van der Waals surface area contributed by atoms with Crippen molar-refractivity contribution in [2.75, 3.05) is 6.61 Å². The van der Waals surface area contributed by atoms with Crippen LogP contribution in [0.1, 0.15) is 51.4 Å². The van der Waals surface area contributed by atoms with Crippen molar-refractivity contribution in [3.63, 3.8) is 0 Å². The van der Waals surface area contributed by atoms with Crippen LogP contribution < -0.4 is 0 Å². The van der Waals surface area contributed by atoms with Gasteiger partial charge in [-0.05, 0) is 12.3 Å². The van der Waals surface area contributed by atoms with Crippen LogP contribution in [0, 0.1) is 5.92 Å². The van der Waals surface area contributed by atoms with E-state index in [1.54, 1.807) is 0 Å². The first kappa shape index (κ1) is 12.3. The van der Waals surface area contributed by atoms with Crippen LogP contribution >= 0.6 is 0 Å². The van der Waals surface area contributed by atoms with Crippen LogP contribution in [-0.4, -0.2) is 12.6 Å². The first-order valence-electron chi connectivity index (χ1n) is 6.12. The molecular weight excluding hydrogens is 188 g/mol. The van der Waals surface area contributed by atoms with Crippen LogP contribution in [-0.2, 0) is 9.53 Å². The lowest BCUT2D eigenvalue weighted by Crippen LogP contribution is -2.09. The second-order valence-electron chi connectivity index (χ2n) is 4.37. The molecule has 0 N–H and O–H groups in total. The van der Waals surface area contributed by atoms with E-state index >= 15 is 0 Å². The zero-order valence-corrected chi connectivity index (χ0v) is 9.54. The molecule has 0 atom stereocenters. The van der Waals surface area contributed by atoms with Gasteiger partial charge in [0.05, 0.1) is 6.61 Å². The fourth-order valence-corrected chi connectivity index (χ4v) is 2.21. The third-order valence-electron chi connectivity index (χ3n) is 3.16. The zero-order valence-electron chi connectivity index (χ0n) is 9.54. The van der Waals surface area contributed by atoms with Gasteiger partial charge in [0.2, 0.25) is 0 Å². The van der Waals surface area contributed by atoms with Crippen molar-refractivity contribution in [2.45, 2.75) is 51.4 Å². The first-order chi connectivity index (χ1) is 7.33. The Morgan fingerprint density at radius 2 is 1.80 bits per heavy atom. The van der Waals surface area contributed by atoms with E-state index in [0.717, 1.165) is 12.3 Å². The zero-order chi connectivity index (χ0) is 10.9. The average Bonchev–Trinajstić information content (AvgIpc) is 2.20. The number of carbonyl (C=O) groups excluding carboxylic acids is 1. The molecule has 0 aliphatic heterocycles. The molecule has 15 heavy (non-hydrogen) atoms. The Hall–Kier alpha value is -0.790. The van der Waals surface area contributed by atoms with Gasteiger partial charge in [-0.15, -0.1) is 0 Å². The molecule has 1 aliphatic rings. The number of esters is 1. The largest absolute Gasteiger partial charge is 0.463 e. The van der Waals surface area contributed by atoms with Crippen molar-refractivity contribution in [1.29, 1.82) is 0 Å². The van der Waals surface area contributed by atoms with Gasteiger partial charge in [0.15, 0.2) is 0 Å². The maximum Gasteiger partial charge on any atom is 0.330 e. The van der Waals surface area contributed by atoms with Gasteiger partial charge < -0.3 is 4.74 Å².